The molecular formula is C22H21N5O. The zero-order valence-electron chi connectivity index (χ0n) is 15.6. The molecule has 0 spiro atoms. The average Bonchev–Trinajstić information content (AvgIpc) is 3.52. The molecule has 3 aromatic rings. The molecule has 6 heteroatoms. The topological polar surface area (TPSA) is 64.6 Å². The lowest BCUT2D eigenvalue weighted by atomic mass is 10.1. The average molecular weight is 371 g/mol. The van der Waals surface area contributed by atoms with Crippen LogP contribution in [-0.4, -0.2) is 46.4 Å². The Morgan fingerprint density at radius 3 is 2.64 bits per heavy atom. The number of hydrogen-bond donors (Lipinski definition) is 0. The Kier molecular flexibility index (Phi) is 4.01. The minimum atomic E-state index is -0.00381. The Hall–Kier alpha value is -3.33. The molecule has 1 saturated heterocycles. The number of pyridine rings is 1. The fraction of sp³-hybridized carbons (Fsp3) is 0.318. The van der Waals surface area contributed by atoms with Gasteiger partial charge in [0.05, 0.1) is 23.0 Å². The number of benzene rings is 1. The summed E-state index contributed by atoms with van der Waals surface area (Å²) in [5.74, 6) is 0.647. The van der Waals surface area contributed by atoms with Crippen molar-refractivity contribution >= 4 is 17.2 Å². The summed E-state index contributed by atoms with van der Waals surface area (Å²) in [5.41, 5.74) is 4.46. The second-order valence-electron chi connectivity index (χ2n) is 7.56. The monoisotopic (exact) mass is 371 g/mol. The Morgan fingerprint density at radius 2 is 1.89 bits per heavy atom. The van der Waals surface area contributed by atoms with Crippen molar-refractivity contribution in [2.75, 3.05) is 31.1 Å². The van der Waals surface area contributed by atoms with Crippen LogP contribution in [0, 0.1) is 11.3 Å². The van der Waals surface area contributed by atoms with Gasteiger partial charge in [-0.2, -0.15) is 5.26 Å². The number of piperazine rings is 1. The van der Waals surface area contributed by atoms with E-state index in [1.54, 1.807) is 24.3 Å². The molecule has 0 radical (unpaired) electrons. The second-order valence-corrected chi connectivity index (χ2v) is 7.56. The first kappa shape index (κ1) is 16.8. The number of nitriles is 1. The molecule has 0 N–H and O–H groups in total. The normalized spacial score (nSPS) is 17.0. The van der Waals surface area contributed by atoms with E-state index in [0.717, 1.165) is 24.4 Å². The molecule has 1 amide bonds. The van der Waals surface area contributed by atoms with Crippen LogP contribution in [0.2, 0.25) is 0 Å². The predicted octanol–water partition coefficient (Wildman–Crippen LogP) is 3.05. The molecule has 6 nitrogen and oxygen atoms in total. The number of fused-ring (bicyclic) bond motifs is 1. The lowest BCUT2D eigenvalue weighted by Gasteiger charge is -2.36. The summed E-state index contributed by atoms with van der Waals surface area (Å²) >= 11 is 0. The molecule has 3 heterocycles. The molecule has 2 aliphatic rings. The first-order valence-electron chi connectivity index (χ1n) is 9.74. The number of anilines is 1. The third-order valence-corrected chi connectivity index (χ3v) is 5.62. The van der Waals surface area contributed by atoms with E-state index in [0.29, 0.717) is 30.1 Å². The molecule has 1 saturated carbocycles. The van der Waals surface area contributed by atoms with Crippen LogP contribution in [0.25, 0.3) is 5.65 Å². The molecule has 1 aromatic carbocycles. The second kappa shape index (κ2) is 6.68. The Labute approximate surface area is 163 Å². The van der Waals surface area contributed by atoms with E-state index >= 15 is 0 Å². The zero-order valence-corrected chi connectivity index (χ0v) is 15.6. The Morgan fingerprint density at radius 1 is 1.07 bits per heavy atom. The van der Waals surface area contributed by atoms with Gasteiger partial charge in [-0.15, -0.1) is 0 Å². The highest BCUT2D eigenvalue weighted by Gasteiger charge is 2.26. The lowest BCUT2D eigenvalue weighted by Crippen LogP contribution is -2.48. The van der Waals surface area contributed by atoms with Crippen LogP contribution in [0.4, 0.5) is 5.69 Å². The number of hydrogen-bond acceptors (Lipinski definition) is 4. The van der Waals surface area contributed by atoms with Crippen LogP contribution in [0.1, 0.15) is 40.4 Å². The van der Waals surface area contributed by atoms with Crippen LogP contribution in [0.5, 0.6) is 0 Å². The zero-order chi connectivity index (χ0) is 19.1. The third kappa shape index (κ3) is 3.09. The van der Waals surface area contributed by atoms with Gasteiger partial charge >= 0.3 is 0 Å². The summed E-state index contributed by atoms with van der Waals surface area (Å²) in [6.07, 6.45) is 6.80. The Balaban J connectivity index is 1.28. The first-order chi connectivity index (χ1) is 13.7. The van der Waals surface area contributed by atoms with Gasteiger partial charge in [-0.25, -0.2) is 4.98 Å². The van der Waals surface area contributed by atoms with Crippen molar-refractivity contribution in [2.24, 2.45) is 0 Å². The van der Waals surface area contributed by atoms with Crippen molar-refractivity contribution in [1.82, 2.24) is 14.3 Å². The van der Waals surface area contributed by atoms with Gasteiger partial charge < -0.3 is 14.2 Å². The van der Waals surface area contributed by atoms with Gasteiger partial charge in [-0.3, -0.25) is 4.79 Å². The van der Waals surface area contributed by atoms with Gasteiger partial charge in [0.25, 0.3) is 5.91 Å². The minimum absolute atomic E-state index is 0.00381. The minimum Gasteiger partial charge on any atom is -0.367 e. The summed E-state index contributed by atoms with van der Waals surface area (Å²) in [5, 5.41) is 9.04. The summed E-state index contributed by atoms with van der Waals surface area (Å²) in [6, 6.07) is 13.2. The fourth-order valence-corrected chi connectivity index (χ4v) is 3.83. The van der Waals surface area contributed by atoms with E-state index in [4.69, 9.17) is 10.2 Å². The van der Waals surface area contributed by atoms with Crippen LogP contribution in [0.3, 0.4) is 0 Å². The number of rotatable bonds is 3. The van der Waals surface area contributed by atoms with Gasteiger partial charge in [0, 0.05) is 50.1 Å². The number of carbonyl (C=O) groups is 1. The number of carbonyl (C=O) groups excluding carboxylic acids is 1. The van der Waals surface area contributed by atoms with Crippen molar-refractivity contribution in [2.45, 2.75) is 18.8 Å². The maximum Gasteiger partial charge on any atom is 0.254 e. The molecule has 2 fully saturated rings. The van der Waals surface area contributed by atoms with E-state index < -0.39 is 0 Å². The highest BCUT2D eigenvalue weighted by molar-refractivity contribution is 5.94. The van der Waals surface area contributed by atoms with Gasteiger partial charge in [0.1, 0.15) is 5.65 Å². The summed E-state index contributed by atoms with van der Waals surface area (Å²) in [4.78, 5) is 21.6. The molecule has 1 aliphatic heterocycles. The standard InChI is InChI=1S/C22H21N5O/c23-13-16-2-1-3-18(12-16)22(28)26-10-8-25(9-11-26)19-6-7-21-24-20(17-4-5-17)15-27(21)14-19/h1-3,6-7,12,14-15,17H,4-5,8-11H2. The van der Waals surface area contributed by atoms with E-state index in [9.17, 15) is 4.79 Å². The number of imidazole rings is 1. The Bertz CT molecular complexity index is 1080. The van der Waals surface area contributed by atoms with Crippen LogP contribution < -0.4 is 4.90 Å². The molecule has 28 heavy (non-hydrogen) atoms. The van der Waals surface area contributed by atoms with Crippen molar-refractivity contribution in [3.05, 3.63) is 65.6 Å². The summed E-state index contributed by atoms with van der Waals surface area (Å²) in [6.45, 7) is 2.93. The van der Waals surface area contributed by atoms with Crippen molar-refractivity contribution in [3.8, 4) is 6.07 Å². The number of aromatic nitrogens is 2. The highest BCUT2D eigenvalue weighted by Crippen LogP contribution is 2.39. The quantitative estimate of drug-likeness (QED) is 0.710. The van der Waals surface area contributed by atoms with E-state index in [1.807, 2.05) is 4.90 Å². The van der Waals surface area contributed by atoms with E-state index in [1.165, 1.54) is 18.5 Å². The van der Waals surface area contributed by atoms with Crippen molar-refractivity contribution in [3.63, 3.8) is 0 Å². The van der Waals surface area contributed by atoms with E-state index in [2.05, 4.69) is 39.9 Å². The highest BCUT2D eigenvalue weighted by atomic mass is 16.2. The predicted molar refractivity (Wildman–Crippen MR) is 106 cm³/mol. The van der Waals surface area contributed by atoms with Gasteiger partial charge in [-0.1, -0.05) is 6.07 Å². The molecular weight excluding hydrogens is 350 g/mol. The molecule has 0 unspecified atom stereocenters. The maximum absolute atomic E-state index is 12.7. The first-order valence-corrected chi connectivity index (χ1v) is 9.74. The molecule has 140 valence electrons. The largest absolute Gasteiger partial charge is 0.367 e. The van der Waals surface area contributed by atoms with Gasteiger partial charge in [0.15, 0.2) is 0 Å². The fourth-order valence-electron chi connectivity index (χ4n) is 3.83. The van der Waals surface area contributed by atoms with Crippen LogP contribution in [0.15, 0.2) is 48.8 Å². The van der Waals surface area contributed by atoms with Crippen LogP contribution in [-0.2, 0) is 0 Å². The molecule has 5 rings (SSSR count). The van der Waals surface area contributed by atoms with Gasteiger partial charge in [0.2, 0.25) is 0 Å². The molecule has 0 atom stereocenters. The smallest absolute Gasteiger partial charge is 0.254 e. The molecule has 1 aliphatic carbocycles. The van der Waals surface area contributed by atoms with E-state index in [-0.39, 0.29) is 5.91 Å². The summed E-state index contributed by atoms with van der Waals surface area (Å²) < 4.78 is 2.12. The van der Waals surface area contributed by atoms with Crippen LogP contribution >= 0.6 is 0 Å². The van der Waals surface area contributed by atoms with Crippen molar-refractivity contribution in [1.29, 1.82) is 5.26 Å². The number of nitrogens with zero attached hydrogens (tertiary/aromatic N) is 5. The van der Waals surface area contributed by atoms with Crippen molar-refractivity contribution < 1.29 is 4.79 Å². The summed E-state index contributed by atoms with van der Waals surface area (Å²) in [7, 11) is 0. The maximum atomic E-state index is 12.7. The lowest BCUT2D eigenvalue weighted by molar-refractivity contribution is 0.0746. The molecule has 2 aromatic heterocycles. The SMILES string of the molecule is N#Cc1cccc(C(=O)N2CCN(c3ccc4nc(C5CC5)cn4c3)CC2)c1. The molecule has 0 bridgehead atoms. The third-order valence-electron chi connectivity index (χ3n) is 5.62. The number of amides is 1. The van der Waals surface area contributed by atoms with Gasteiger partial charge in [-0.05, 0) is 43.2 Å².